The van der Waals surface area contributed by atoms with Gasteiger partial charge >= 0.3 is 0 Å². The largest absolute Gasteiger partial charge is 0.306 e. The number of aromatic nitrogens is 2. The Morgan fingerprint density at radius 1 is 1.30 bits per heavy atom. The van der Waals surface area contributed by atoms with Gasteiger partial charge in [0.05, 0.1) is 11.7 Å². The SMILES string of the molecule is CCCNC(c1cc(F)ccc1C)c1cn(C)nc1C. The lowest BCUT2D eigenvalue weighted by atomic mass is 9.95. The molecule has 4 heteroatoms. The highest BCUT2D eigenvalue weighted by atomic mass is 19.1. The third kappa shape index (κ3) is 3.07. The van der Waals surface area contributed by atoms with Gasteiger partial charge in [0.2, 0.25) is 0 Å². The smallest absolute Gasteiger partial charge is 0.123 e. The normalized spacial score (nSPS) is 12.7. The molecule has 0 spiro atoms. The molecule has 0 aliphatic heterocycles. The number of hydrogen-bond acceptors (Lipinski definition) is 2. The molecule has 1 heterocycles. The molecule has 3 nitrogen and oxygen atoms in total. The summed E-state index contributed by atoms with van der Waals surface area (Å²) in [5.74, 6) is -0.199. The lowest BCUT2D eigenvalue weighted by Gasteiger charge is -2.20. The van der Waals surface area contributed by atoms with E-state index in [2.05, 4.69) is 17.3 Å². The lowest BCUT2D eigenvalue weighted by molar-refractivity contribution is 0.581. The van der Waals surface area contributed by atoms with Gasteiger partial charge in [0.1, 0.15) is 5.82 Å². The van der Waals surface area contributed by atoms with Crippen molar-refractivity contribution in [2.45, 2.75) is 33.2 Å². The summed E-state index contributed by atoms with van der Waals surface area (Å²) in [7, 11) is 1.91. The van der Waals surface area contributed by atoms with Gasteiger partial charge < -0.3 is 5.32 Å². The van der Waals surface area contributed by atoms with Crippen LogP contribution in [-0.2, 0) is 7.05 Å². The molecule has 1 unspecified atom stereocenters. The van der Waals surface area contributed by atoms with E-state index < -0.39 is 0 Å². The van der Waals surface area contributed by atoms with Crippen LogP contribution in [0.3, 0.4) is 0 Å². The van der Waals surface area contributed by atoms with Gasteiger partial charge in [-0.3, -0.25) is 4.68 Å². The topological polar surface area (TPSA) is 29.9 Å². The van der Waals surface area contributed by atoms with Gasteiger partial charge in [-0.1, -0.05) is 13.0 Å². The molecule has 2 aromatic rings. The van der Waals surface area contributed by atoms with E-state index in [4.69, 9.17) is 0 Å². The second kappa shape index (κ2) is 6.18. The second-order valence-electron chi connectivity index (χ2n) is 5.23. The number of halogens is 1. The average molecular weight is 275 g/mol. The Morgan fingerprint density at radius 2 is 2.05 bits per heavy atom. The monoisotopic (exact) mass is 275 g/mol. The van der Waals surface area contributed by atoms with Crippen molar-refractivity contribution in [2.24, 2.45) is 7.05 Å². The number of nitrogens with one attached hydrogen (secondary N) is 1. The van der Waals surface area contributed by atoms with Crippen molar-refractivity contribution in [3.63, 3.8) is 0 Å². The summed E-state index contributed by atoms with van der Waals surface area (Å²) in [6.07, 6.45) is 3.04. The molecule has 0 saturated carbocycles. The Kier molecular flexibility index (Phi) is 4.55. The maximum atomic E-state index is 13.6. The molecular weight excluding hydrogens is 253 g/mol. The van der Waals surface area contributed by atoms with Gasteiger partial charge in [0, 0.05) is 18.8 Å². The van der Waals surface area contributed by atoms with E-state index in [-0.39, 0.29) is 11.9 Å². The molecule has 1 aromatic carbocycles. The summed E-state index contributed by atoms with van der Waals surface area (Å²) in [6.45, 7) is 7.01. The van der Waals surface area contributed by atoms with Crippen LogP contribution in [0.1, 0.15) is 41.8 Å². The predicted octanol–water partition coefficient (Wildman–Crippen LogP) is 3.27. The Balaban J connectivity index is 2.46. The molecule has 0 amide bonds. The molecule has 1 N–H and O–H groups in total. The Bertz CT molecular complexity index is 589. The third-order valence-electron chi connectivity index (χ3n) is 3.51. The second-order valence-corrected chi connectivity index (χ2v) is 5.23. The van der Waals surface area contributed by atoms with Crippen molar-refractivity contribution in [1.82, 2.24) is 15.1 Å². The van der Waals surface area contributed by atoms with E-state index in [1.807, 2.05) is 33.2 Å². The van der Waals surface area contributed by atoms with Crippen LogP contribution in [-0.4, -0.2) is 16.3 Å². The molecule has 108 valence electrons. The van der Waals surface area contributed by atoms with Gasteiger partial charge in [0.15, 0.2) is 0 Å². The van der Waals surface area contributed by atoms with Crippen LogP contribution >= 0.6 is 0 Å². The molecule has 20 heavy (non-hydrogen) atoms. The summed E-state index contributed by atoms with van der Waals surface area (Å²) in [6, 6.07) is 4.94. The Hall–Kier alpha value is -1.68. The molecular formula is C16H22FN3. The van der Waals surface area contributed by atoms with E-state index in [1.54, 1.807) is 10.7 Å². The van der Waals surface area contributed by atoms with Crippen LogP contribution in [0, 0.1) is 19.7 Å². The average Bonchev–Trinajstić information content (AvgIpc) is 2.73. The van der Waals surface area contributed by atoms with Crippen LogP contribution in [0.4, 0.5) is 4.39 Å². The van der Waals surface area contributed by atoms with Gasteiger partial charge in [-0.15, -0.1) is 0 Å². The first-order valence-electron chi connectivity index (χ1n) is 7.02. The van der Waals surface area contributed by atoms with Crippen LogP contribution in [0.5, 0.6) is 0 Å². The van der Waals surface area contributed by atoms with Gasteiger partial charge in [-0.2, -0.15) is 5.10 Å². The van der Waals surface area contributed by atoms with Crippen molar-refractivity contribution in [1.29, 1.82) is 0 Å². The molecule has 0 saturated heterocycles. The standard InChI is InChI=1S/C16H22FN3/c1-5-8-18-16(15-10-20(4)19-12(15)3)14-9-13(17)7-6-11(14)2/h6-7,9-10,16,18H,5,8H2,1-4H3. The molecule has 1 aromatic heterocycles. The van der Waals surface area contributed by atoms with Gasteiger partial charge in [-0.25, -0.2) is 4.39 Å². The minimum absolute atomic E-state index is 0.0145. The predicted molar refractivity (Wildman–Crippen MR) is 79.2 cm³/mol. The molecule has 0 fully saturated rings. The van der Waals surface area contributed by atoms with Crippen LogP contribution < -0.4 is 5.32 Å². The summed E-state index contributed by atoms with van der Waals surface area (Å²) in [5.41, 5.74) is 4.15. The summed E-state index contributed by atoms with van der Waals surface area (Å²) in [4.78, 5) is 0. The van der Waals surface area contributed by atoms with Crippen molar-refractivity contribution in [3.05, 3.63) is 52.6 Å². The quantitative estimate of drug-likeness (QED) is 0.907. The number of aryl methyl sites for hydroxylation is 3. The van der Waals surface area contributed by atoms with Crippen LogP contribution in [0.15, 0.2) is 24.4 Å². The minimum Gasteiger partial charge on any atom is -0.306 e. The number of benzene rings is 1. The number of hydrogen-bond donors (Lipinski definition) is 1. The van der Waals surface area contributed by atoms with E-state index in [1.165, 1.54) is 6.07 Å². The highest BCUT2D eigenvalue weighted by molar-refractivity contribution is 5.38. The number of nitrogens with zero attached hydrogens (tertiary/aromatic N) is 2. The highest BCUT2D eigenvalue weighted by Gasteiger charge is 2.20. The lowest BCUT2D eigenvalue weighted by Crippen LogP contribution is -2.24. The Morgan fingerprint density at radius 3 is 2.65 bits per heavy atom. The maximum absolute atomic E-state index is 13.6. The fourth-order valence-electron chi connectivity index (χ4n) is 2.50. The van der Waals surface area contributed by atoms with E-state index in [0.29, 0.717) is 0 Å². The maximum Gasteiger partial charge on any atom is 0.123 e. The van der Waals surface area contributed by atoms with E-state index in [9.17, 15) is 4.39 Å². The summed E-state index contributed by atoms with van der Waals surface area (Å²) >= 11 is 0. The van der Waals surface area contributed by atoms with Crippen molar-refractivity contribution in [3.8, 4) is 0 Å². The first kappa shape index (κ1) is 14.7. The van der Waals surface area contributed by atoms with E-state index >= 15 is 0 Å². The molecule has 0 radical (unpaired) electrons. The van der Waals surface area contributed by atoms with Crippen molar-refractivity contribution in [2.75, 3.05) is 6.54 Å². The fourth-order valence-corrected chi connectivity index (χ4v) is 2.50. The molecule has 0 bridgehead atoms. The minimum atomic E-state index is -0.199. The Labute approximate surface area is 119 Å². The first-order chi connectivity index (χ1) is 9.52. The zero-order valence-electron chi connectivity index (χ0n) is 12.6. The zero-order chi connectivity index (χ0) is 14.7. The van der Waals surface area contributed by atoms with Crippen LogP contribution in [0.25, 0.3) is 0 Å². The van der Waals surface area contributed by atoms with E-state index in [0.717, 1.165) is 35.3 Å². The summed E-state index contributed by atoms with van der Waals surface area (Å²) < 4.78 is 15.4. The fraction of sp³-hybridized carbons (Fsp3) is 0.438. The first-order valence-corrected chi connectivity index (χ1v) is 7.02. The van der Waals surface area contributed by atoms with Crippen molar-refractivity contribution < 1.29 is 4.39 Å². The van der Waals surface area contributed by atoms with Gasteiger partial charge in [0.25, 0.3) is 0 Å². The third-order valence-corrected chi connectivity index (χ3v) is 3.51. The molecule has 1 atom stereocenters. The molecule has 0 aliphatic carbocycles. The molecule has 2 rings (SSSR count). The van der Waals surface area contributed by atoms with Crippen molar-refractivity contribution >= 4 is 0 Å². The molecule has 0 aliphatic rings. The van der Waals surface area contributed by atoms with Gasteiger partial charge in [-0.05, 0) is 50.1 Å². The number of rotatable bonds is 5. The van der Waals surface area contributed by atoms with Crippen LogP contribution in [0.2, 0.25) is 0 Å². The highest BCUT2D eigenvalue weighted by Crippen LogP contribution is 2.27. The zero-order valence-corrected chi connectivity index (χ0v) is 12.6. The summed E-state index contributed by atoms with van der Waals surface area (Å²) in [5, 5.41) is 7.90.